The fourth-order valence-corrected chi connectivity index (χ4v) is 1.93. The van der Waals surface area contributed by atoms with Crippen LogP contribution in [0.4, 0.5) is 0 Å². The predicted molar refractivity (Wildman–Crippen MR) is 78.2 cm³/mol. The second kappa shape index (κ2) is 6.79. The van der Waals surface area contributed by atoms with Gasteiger partial charge in [-0.1, -0.05) is 5.16 Å². The highest BCUT2D eigenvalue weighted by atomic mass is 16.5. The number of nitrogens with one attached hydrogen (secondary N) is 1. The smallest absolute Gasteiger partial charge is 0.194 e. The first-order valence-electron chi connectivity index (χ1n) is 6.68. The van der Waals surface area contributed by atoms with E-state index in [4.69, 9.17) is 4.52 Å². The van der Waals surface area contributed by atoms with Crippen molar-refractivity contribution in [2.75, 3.05) is 13.6 Å². The van der Waals surface area contributed by atoms with Crippen molar-refractivity contribution in [1.82, 2.24) is 19.9 Å². The molecule has 0 radical (unpaired) electrons. The molecular weight excluding hydrogens is 254 g/mol. The molecule has 0 atom stereocenters. The summed E-state index contributed by atoms with van der Waals surface area (Å²) in [4.78, 5) is 6.67. The third-order valence-electron chi connectivity index (χ3n) is 2.89. The first-order valence-corrected chi connectivity index (χ1v) is 6.68. The Morgan fingerprint density at radius 3 is 2.95 bits per heavy atom. The molecule has 0 aliphatic rings. The zero-order chi connectivity index (χ0) is 14.4. The summed E-state index contributed by atoms with van der Waals surface area (Å²) in [6, 6.07) is 3.93. The number of aromatic nitrogens is 2. The first kappa shape index (κ1) is 14.2. The lowest BCUT2D eigenvalue weighted by molar-refractivity contribution is 0.391. The van der Waals surface area contributed by atoms with E-state index in [9.17, 15) is 0 Å². The maximum absolute atomic E-state index is 4.85. The van der Waals surface area contributed by atoms with Gasteiger partial charge in [-0.3, -0.25) is 0 Å². The van der Waals surface area contributed by atoms with Gasteiger partial charge in [0, 0.05) is 39.1 Å². The Balaban J connectivity index is 2.01. The number of rotatable bonds is 5. The maximum atomic E-state index is 4.85. The number of hydrogen-bond acceptors (Lipinski definition) is 3. The molecular formula is C14H21N5O. The molecule has 0 spiro atoms. The van der Waals surface area contributed by atoms with Crippen molar-refractivity contribution in [2.45, 2.75) is 20.0 Å². The van der Waals surface area contributed by atoms with E-state index in [1.165, 1.54) is 5.56 Å². The van der Waals surface area contributed by atoms with Crippen molar-refractivity contribution in [3.05, 3.63) is 42.0 Å². The van der Waals surface area contributed by atoms with Crippen LogP contribution >= 0.6 is 0 Å². The van der Waals surface area contributed by atoms with Crippen LogP contribution in [0.1, 0.15) is 18.2 Å². The molecule has 0 aromatic carbocycles. The summed E-state index contributed by atoms with van der Waals surface area (Å²) < 4.78 is 6.87. The van der Waals surface area contributed by atoms with Crippen molar-refractivity contribution in [1.29, 1.82) is 0 Å². The number of hydrogen-bond donors (Lipinski definition) is 1. The molecule has 0 saturated heterocycles. The highest BCUT2D eigenvalue weighted by molar-refractivity contribution is 5.79. The quantitative estimate of drug-likeness (QED) is 0.665. The molecule has 0 bridgehead atoms. The lowest BCUT2D eigenvalue weighted by atomic mass is 10.3. The Hall–Kier alpha value is -2.24. The minimum absolute atomic E-state index is 0.659. The topological polar surface area (TPSA) is 58.6 Å². The third-order valence-corrected chi connectivity index (χ3v) is 2.89. The number of aryl methyl sites for hydroxylation is 1. The van der Waals surface area contributed by atoms with Crippen LogP contribution in [0.3, 0.4) is 0 Å². The van der Waals surface area contributed by atoms with Crippen LogP contribution in [0.2, 0.25) is 0 Å². The number of aliphatic imine (C=N–C) groups is 1. The Kier molecular flexibility index (Phi) is 4.81. The molecule has 0 amide bonds. The van der Waals surface area contributed by atoms with Gasteiger partial charge in [-0.05, 0) is 18.6 Å². The average molecular weight is 275 g/mol. The normalized spacial score (nSPS) is 11.7. The van der Waals surface area contributed by atoms with Gasteiger partial charge < -0.3 is 19.3 Å². The van der Waals surface area contributed by atoms with Crippen LogP contribution in [0.25, 0.3) is 0 Å². The van der Waals surface area contributed by atoms with Gasteiger partial charge >= 0.3 is 0 Å². The first-order chi connectivity index (χ1) is 9.69. The van der Waals surface area contributed by atoms with Crippen molar-refractivity contribution in [3.63, 3.8) is 0 Å². The minimum atomic E-state index is 0.659. The average Bonchev–Trinajstić information content (AvgIpc) is 3.06. The fraction of sp³-hybridized carbons (Fsp3) is 0.429. The molecule has 1 N–H and O–H groups in total. The molecule has 108 valence electrons. The standard InChI is InChI=1S/C14H21N5O/c1-4-15-14(16-9-12-5-7-18(2)10-12)19(3)11-13-6-8-20-17-13/h5-8,10H,4,9,11H2,1-3H3,(H,15,16). The summed E-state index contributed by atoms with van der Waals surface area (Å²) >= 11 is 0. The number of nitrogens with zero attached hydrogens (tertiary/aromatic N) is 4. The van der Waals surface area contributed by atoms with Gasteiger partial charge in [0.05, 0.1) is 13.1 Å². The van der Waals surface area contributed by atoms with Crippen molar-refractivity contribution < 1.29 is 4.52 Å². The lowest BCUT2D eigenvalue weighted by Crippen LogP contribution is -2.38. The van der Waals surface area contributed by atoms with E-state index in [0.717, 1.165) is 18.2 Å². The minimum Gasteiger partial charge on any atom is -0.364 e. The van der Waals surface area contributed by atoms with Gasteiger partial charge in [-0.2, -0.15) is 0 Å². The monoisotopic (exact) mass is 275 g/mol. The van der Waals surface area contributed by atoms with Gasteiger partial charge in [0.25, 0.3) is 0 Å². The molecule has 6 heteroatoms. The van der Waals surface area contributed by atoms with Gasteiger partial charge in [-0.25, -0.2) is 4.99 Å². The molecule has 2 heterocycles. The Labute approximate surface area is 119 Å². The van der Waals surface area contributed by atoms with Crippen LogP contribution < -0.4 is 5.32 Å². The Morgan fingerprint density at radius 1 is 1.50 bits per heavy atom. The van der Waals surface area contributed by atoms with E-state index in [0.29, 0.717) is 13.1 Å². The van der Waals surface area contributed by atoms with E-state index in [2.05, 4.69) is 34.7 Å². The summed E-state index contributed by atoms with van der Waals surface area (Å²) in [6.45, 7) is 4.21. The van der Waals surface area contributed by atoms with Gasteiger partial charge in [0.15, 0.2) is 5.96 Å². The molecule has 20 heavy (non-hydrogen) atoms. The highest BCUT2D eigenvalue weighted by Crippen LogP contribution is 2.04. The molecule has 2 aromatic rings. The molecule has 2 rings (SSSR count). The molecule has 6 nitrogen and oxygen atoms in total. The van der Waals surface area contributed by atoms with E-state index >= 15 is 0 Å². The van der Waals surface area contributed by atoms with Crippen LogP contribution in [0.5, 0.6) is 0 Å². The molecule has 2 aromatic heterocycles. The van der Waals surface area contributed by atoms with E-state index < -0.39 is 0 Å². The predicted octanol–water partition coefficient (Wildman–Crippen LogP) is 1.61. The Bertz CT molecular complexity index is 544. The van der Waals surface area contributed by atoms with Gasteiger partial charge in [0.1, 0.15) is 12.0 Å². The molecule has 0 aliphatic carbocycles. The molecule has 0 unspecified atom stereocenters. The SMILES string of the molecule is CCNC(=NCc1ccn(C)c1)N(C)Cc1ccon1. The van der Waals surface area contributed by atoms with E-state index in [1.54, 1.807) is 6.26 Å². The van der Waals surface area contributed by atoms with Crippen LogP contribution in [-0.2, 0) is 20.1 Å². The molecule has 0 aliphatic heterocycles. The van der Waals surface area contributed by atoms with E-state index in [-0.39, 0.29) is 0 Å². The van der Waals surface area contributed by atoms with Crippen LogP contribution in [-0.4, -0.2) is 34.2 Å². The summed E-state index contributed by atoms with van der Waals surface area (Å²) in [5, 5.41) is 7.20. The highest BCUT2D eigenvalue weighted by Gasteiger charge is 2.08. The lowest BCUT2D eigenvalue weighted by Gasteiger charge is -2.20. The fourth-order valence-electron chi connectivity index (χ4n) is 1.93. The maximum Gasteiger partial charge on any atom is 0.194 e. The second-order valence-corrected chi connectivity index (χ2v) is 4.70. The largest absolute Gasteiger partial charge is 0.364 e. The van der Waals surface area contributed by atoms with Gasteiger partial charge in [0.2, 0.25) is 0 Å². The summed E-state index contributed by atoms with van der Waals surface area (Å²) in [5.74, 6) is 0.861. The zero-order valence-electron chi connectivity index (χ0n) is 12.2. The van der Waals surface area contributed by atoms with Crippen LogP contribution in [0, 0.1) is 0 Å². The zero-order valence-corrected chi connectivity index (χ0v) is 12.2. The summed E-state index contributed by atoms with van der Waals surface area (Å²) in [7, 11) is 4.00. The second-order valence-electron chi connectivity index (χ2n) is 4.70. The molecule has 0 saturated carbocycles. The summed E-state index contributed by atoms with van der Waals surface area (Å²) in [5.41, 5.74) is 2.08. The van der Waals surface area contributed by atoms with Crippen molar-refractivity contribution >= 4 is 5.96 Å². The third kappa shape index (κ3) is 3.88. The van der Waals surface area contributed by atoms with Gasteiger partial charge in [-0.15, -0.1) is 0 Å². The summed E-state index contributed by atoms with van der Waals surface area (Å²) in [6.07, 6.45) is 5.68. The van der Waals surface area contributed by atoms with Crippen LogP contribution in [0.15, 0.2) is 40.3 Å². The van der Waals surface area contributed by atoms with Crippen molar-refractivity contribution in [2.24, 2.45) is 12.0 Å². The van der Waals surface area contributed by atoms with E-state index in [1.807, 2.05) is 35.8 Å². The molecule has 0 fully saturated rings. The van der Waals surface area contributed by atoms with Crippen molar-refractivity contribution in [3.8, 4) is 0 Å². The Morgan fingerprint density at radius 2 is 2.35 bits per heavy atom. The number of guanidine groups is 1.